The molecule has 0 bridgehead atoms. The molecule has 0 aliphatic carbocycles. The first kappa shape index (κ1) is 22.5. The van der Waals surface area contributed by atoms with Gasteiger partial charge in [0.1, 0.15) is 0 Å². The number of hydrogen-bond donors (Lipinski definition) is 0. The van der Waals surface area contributed by atoms with Crippen molar-refractivity contribution in [1.29, 1.82) is 0 Å². The van der Waals surface area contributed by atoms with E-state index < -0.39 is 0 Å². The molecule has 1 rings (SSSR count). The fourth-order valence-electron chi connectivity index (χ4n) is 0.342. The van der Waals surface area contributed by atoms with E-state index >= 15 is 0 Å². The number of benzene rings is 1. The van der Waals surface area contributed by atoms with Gasteiger partial charge in [0.2, 0.25) is 0 Å². The van der Waals surface area contributed by atoms with Crippen LogP contribution in [0, 0.1) is 6.07 Å². The molecule has 1 aromatic carbocycles. The van der Waals surface area contributed by atoms with E-state index in [2.05, 4.69) is 6.07 Å². The maximum atomic E-state index is 2.89. The van der Waals surface area contributed by atoms with Crippen molar-refractivity contribution in [2.45, 2.75) is 0 Å². The molecule has 10 heavy (non-hydrogen) atoms. The third-order valence-electron chi connectivity index (χ3n) is 0.607. The SMILES string of the molecule is P.P.[Cl-].[Pd+2].[c-]1ccccc1. The van der Waals surface area contributed by atoms with E-state index in [-0.39, 0.29) is 52.6 Å². The van der Waals surface area contributed by atoms with Gasteiger partial charge in [0.05, 0.1) is 0 Å². The minimum Gasteiger partial charge on any atom is -1.00 e. The van der Waals surface area contributed by atoms with Crippen LogP contribution in [0.3, 0.4) is 0 Å². The van der Waals surface area contributed by atoms with Crippen molar-refractivity contribution >= 4 is 19.8 Å². The summed E-state index contributed by atoms with van der Waals surface area (Å²) in [5, 5.41) is 0. The maximum Gasteiger partial charge on any atom is 2.00 e. The van der Waals surface area contributed by atoms with Crippen LogP contribution >= 0.6 is 19.8 Å². The molecule has 0 N–H and O–H groups in total. The van der Waals surface area contributed by atoms with Gasteiger partial charge < -0.3 is 12.4 Å². The van der Waals surface area contributed by atoms with E-state index in [0.717, 1.165) is 0 Å². The van der Waals surface area contributed by atoms with Gasteiger partial charge >= 0.3 is 20.4 Å². The molecule has 0 saturated heterocycles. The Balaban J connectivity index is -0.0000000450. The zero-order valence-electron chi connectivity index (χ0n) is 5.50. The second-order valence-corrected chi connectivity index (χ2v) is 1.08. The Hall–Kier alpha value is 1.03. The van der Waals surface area contributed by atoms with Gasteiger partial charge in [-0.1, -0.05) is 0 Å². The molecule has 0 fully saturated rings. The van der Waals surface area contributed by atoms with Crippen LogP contribution in [-0.2, 0) is 20.4 Å². The largest absolute Gasteiger partial charge is 2.00 e. The monoisotopic (exact) mass is 286 g/mol. The molecule has 0 amide bonds. The van der Waals surface area contributed by atoms with Gasteiger partial charge in [-0.05, 0) is 0 Å². The molecule has 0 saturated carbocycles. The first-order valence-corrected chi connectivity index (χ1v) is 1.91. The Morgan fingerprint density at radius 3 is 1.30 bits per heavy atom. The molecule has 0 radical (unpaired) electrons. The molecule has 0 heterocycles. The molecule has 4 heteroatoms. The topological polar surface area (TPSA) is 0 Å². The van der Waals surface area contributed by atoms with Crippen LogP contribution in [0.1, 0.15) is 0 Å². The summed E-state index contributed by atoms with van der Waals surface area (Å²) in [4.78, 5) is 0. The van der Waals surface area contributed by atoms with E-state index in [1.807, 2.05) is 30.3 Å². The minimum atomic E-state index is 0. The summed E-state index contributed by atoms with van der Waals surface area (Å²) in [6.07, 6.45) is 0. The van der Waals surface area contributed by atoms with Crippen molar-refractivity contribution in [3.8, 4) is 0 Å². The van der Waals surface area contributed by atoms with Crippen molar-refractivity contribution in [2.24, 2.45) is 0 Å². The Morgan fingerprint density at radius 2 is 1.20 bits per heavy atom. The standard InChI is InChI=1S/C6H5.ClH.2H3P.Pd/c1-2-4-6-5-3-1;;;;/h1-5H;1H;2*1H3;/q-1;;;;+2/p-1. The molecule has 0 spiro atoms. The Morgan fingerprint density at radius 1 is 0.800 bits per heavy atom. The third kappa shape index (κ3) is 11.8. The summed E-state index contributed by atoms with van der Waals surface area (Å²) in [5.74, 6) is 0. The zero-order valence-corrected chi connectivity index (χ0v) is 10.6. The Labute approximate surface area is 88.9 Å². The summed E-state index contributed by atoms with van der Waals surface area (Å²) < 4.78 is 0. The van der Waals surface area contributed by atoms with E-state index in [1.165, 1.54) is 0 Å². The van der Waals surface area contributed by atoms with Crippen LogP contribution in [0.5, 0.6) is 0 Å². The summed E-state index contributed by atoms with van der Waals surface area (Å²) in [5.41, 5.74) is 0. The predicted octanol–water partition coefficient (Wildman–Crippen LogP) is -1.40. The van der Waals surface area contributed by atoms with Crippen LogP contribution < -0.4 is 12.4 Å². The Kier molecular flexibility index (Phi) is 37.2. The Bertz CT molecular complexity index is 87.7. The van der Waals surface area contributed by atoms with Crippen LogP contribution in [0.2, 0.25) is 0 Å². The summed E-state index contributed by atoms with van der Waals surface area (Å²) >= 11 is 0. The normalized spacial score (nSPS) is 4.80. The second kappa shape index (κ2) is 16.6. The molecule has 62 valence electrons. The summed E-state index contributed by atoms with van der Waals surface area (Å²) in [6.45, 7) is 0. The minimum absolute atomic E-state index is 0. The molecule has 2 unspecified atom stereocenters. The van der Waals surface area contributed by atoms with E-state index in [1.54, 1.807) is 0 Å². The maximum absolute atomic E-state index is 2.89. The first-order chi connectivity index (χ1) is 3.00. The summed E-state index contributed by atoms with van der Waals surface area (Å²) in [6, 6.07) is 12.5. The van der Waals surface area contributed by atoms with Crippen molar-refractivity contribution in [3.05, 3.63) is 36.4 Å². The average molecular weight is 287 g/mol. The van der Waals surface area contributed by atoms with Gasteiger partial charge in [-0.3, -0.25) is 0 Å². The zero-order chi connectivity index (χ0) is 4.24. The fourth-order valence-corrected chi connectivity index (χ4v) is 0.342. The average Bonchev–Trinajstić information content (AvgIpc) is 1.72. The quantitative estimate of drug-likeness (QED) is 0.313. The van der Waals surface area contributed by atoms with Crippen LogP contribution in [0.15, 0.2) is 30.3 Å². The van der Waals surface area contributed by atoms with E-state index in [9.17, 15) is 0 Å². The molecule has 0 nitrogen and oxygen atoms in total. The van der Waals surface area contributed by atoms with Gasteiger partial charge in [-0.25, -0.2) is 0 Å². The van der Waals surface area contributed by atoms with Crippen molar-refractivity contribution in [1.82, 2.24) is 0 Å². The fraction of sp³-hybridized carbons (Fsp3) is 0. The number of halogens is 1. The van der Waals surface area contributed by atoms with Crippen LogP contribution in [0.25, 0.3) is 0 Å². The smallest absolute Gasteiger partial charge is 1.00 e. The van der Waals surface area contributed by atoms with Gasteiger partial charge in [0.15, 0.2) is 0 Å². The van der Waals surface area contributed by atoms with Gasteiger partial charge in [0.25, 0.3) is 0 Å². The molecule has 0 aromatic heterocycles. The number of rotatable bonds is 0. The first-order valence-electron chi connectivity index (χ1n) is 1.91. The van der Waals surface area contributed by atoms with Crippen molar-refractivity contribution in [3.63, 3.8) is 0 Å². The van der Waals surface area contributed by atoms with Crippen LogP contribution in [0.4, 0.5) is 0 Å². The molecule has 1 aromatic rings. The van der Waals surface area contributed by atoms with E-state index in [0.29, 0.717) is 0 Å². The predicted molar refractivity (Wildman–Crippen MR) is 47.5 cm³/mol. The third-order valence-corrected chi connectivity index (χ3v) is 0.607. The van der Waals surface area contributed by atoms with Gasteiger partial charge in [-0.2, -0.15) is 56.2 Å². The second-order valence-electron chi connectivity index (χ2n) is 1.08. The molecule has 2 atom stereocenters. The summed E-state index contributed by atoms with van der Waals surface area (Å²) in [7, 11) is 0. The molecule has 0 aliphatic rings. The van der Waals surface area contributed by atoms with Crippen LogP contribution in [-0.4, -0.2) is 0 Å². The van der Waals surface area contributed by atoms with Crippen molar-refractivity contribution in [2.75, 3.05) is 0 Å². The molecule has 0 aliphatic heterocycles. The van der Waals surface area contributed by atoms with Gasteiger partial charge in [-0.15, -0.1) is 0 Å². The number of hydrogen-bond acceptors (Lipinski definition) is 0. The molecular formula is C6H11ClP2Pd. The van der Waals surface area contributed by atoms with E-state index in [4.69, 9.17) is 0 Å². The van der Waals surface area contributed by atoms with Crippen molar-refractivity contribution < 1.29 is 32.8 Å². The molecular weight excluding hydrogens is 276 g/mol. The van der Waals surface area contributed by atoms with Gasteiger partial charge in [0, 0.05) is 0 Å².